The van der Waals surface area contributed by atoms with Crippen molar-refractivity contribution in [3.05, 3.63) is 12.1 Å². The molecule has 3 rings (SSSR count). The normalized spacial score (nSPS) is 41.2. The highest BCUT2D eigenvalue weighted by Gasteiger charge is 2.52. The molecule has 3 heterocycles. The molecule has 20 heavy (non-hydrogen) atoms. The first kappa shape index (κ1) is 7.63. The molecule has 0 radical (unpaired) electrons. The minimum atomic E-state index is -3.09. The van der Waals surface area contributed by atoms with E-state index in [0.717, 1.165) is 11.3 Å². The first-order valence-electron chi connectivity index (χ1n) is 10.3. The summed E-state index contributed by atoms with van der Waals surface area (Å²) in [6, 6.07) is 2.98. The smallest absolute Gasteiger partial charge is 0.399 e. The van der Waals surface area contributed by atoms with Crippen molar-refractivity contribution in [2.45, 2.75) is 38.9 Å². The highest BCUT2D eigenvalue weighted by atomic mass is 32.1. The number of hydrogen-bond acceptors (Lipinski definition) is 5. The molecule has 1 aromatic heterocycles. The maximum Gasteiger partial charge on any atom is 0.505 e. The molecule has 0 saturated carbocycles. The fraction of sp³-hybridized carbons (Fsp3) is 0.714. The summed E-state index contributed by atoms with van der Waals surface area (Å²) in [5.41, 5.74) is -1.20. The lowest BCUT2D eigenvalue weighted by Gasteiger charge is -2.32. The summed E-state index contributed by atoms with van der Waals surface area (Å²) in [4.78, 5) is 0.461. The fourth-order valence-corrected chi connectivity index (χ4v) is 2.74. The molecular weight excluding hydrogens is 273 g/mol. The maximum absolute atomic E-state index is 8.13. The average Bonchev–Trinajstić information content (AvgIpc) is 2.99. The lowest BCUT2D eigenvalue weighted by molar-refractivity contribution is 0.00578. The Bertz CT molecular complexity index is 742. The monoisotopic (exact) mass is 303 g/mol. The number of anilines is 1. The van der Waals surface area contributed by atoms with Gasteiger partial charge in [0.1, 0.15) is 0 Å². The van der Waals surface area contributed by atoms with Crippen LogP contribution in [0.4, 0.5) is 5.00 Å². The number of nitrogens with zero attached hydrogens (tertiary/aromatic N) is 1. The van der Waals surface area contributed by atoms with E-state index < -0.39 is 44.4 Å². The topological polar surface area (TPSA) is 30.9 Å². The van der Waals surface area contributed by atoms with Crippen molar-refractivity contribution >= 4 is 28.2 Å². The Kier molecular flexibility index (Phi) is 1.91. The number of morpholine rings is 1. The van der Waals surface area contributed by atoms with Gasteiger partial charge in [0.15, 0.2) is 0 Å². The number of rotatable bonds is 2. The third-order valence-corrected chi connectivity index (χ3v) is 4.83. The molecule has 0 aromatic carbocycles. The average molecular weight is 303 g/mol. The zero-order valence-corrected chi connectivity index (χ0v) is 12.6. The Morgan fingerprint density at radius 1 is 1.15 bits per heavy atom. The molecule has 0 bridgehead atoms. The molecule has 2 saturated heterocycles. The lowest BCUT2D eigenvalue weighted by Crippen LogP contribution is -2.41. The zero-order chi connectivity index (χ0) is 21.6. The van der Waals surface area contributed by atoms with E-state index in [-0.39, 0.29) is 5.00 Å². The summed E-state index contributed by atoms with van der Waals surface area (Å²) in [7, 11) is -0.755. The van der Waals surface area contributed by atoms with Crippen molar-refractivity contribution < 1.29 is 25.0 Å². The molecule has 0 atom stereocenters. The number of hydrogen-bond donors (Lipinski definition) is 0. The molecule has 0 amide bonds. The van der Waals surface area contributed by atoms with E-state index in [1.54, 1.807) is 6.07 Å². The molecule has 0 spiro atoms. The standard InChI is InChI=1S/C14H22BNO3S/c1-13(2)14(3,4)19-15(18-13)11-5-6-12(20-11)16-7-9-17-10-8-16/h5-6H,7-10H2,1-4H3/i7D2,8D2,9D2,10D2. The molecule has 2 fully saturated rings. The molecule has 0 unspecified atom stereocenters. The van der Waals surface area contributed by atoms with Crippen LogP contribution in [0.3, 0.4) is 0 Å². The van der Waals surface area contributed by atoms with Crippen LogP contribution in [0.5, 0.6) is 0 Å². The van der Waals surface area contributed by atoms with Crippen LogP contribution in [0.1, 0.15) is 38.7 Å². The first-order chi connectivity index (χ1) is 12.4. The van der Waals surface area contributed by atoms with Crippen molar-refractivity contribution in [2.75, 3.05) is 31.0 Å². The van der Waals surface area contributed by atoms with Crippen molar-refractivity contribution in [2.24, 2.45) is 0 Å². The van der Waals surface area contributed by atoms with E-state index >= 15 is 0 Å². The first-order valence-corrected chi connectivity index (χ1v) is 7.13. The van der Waals surface area contributed by atoms with Gasteiger partial charge in [-0.05, 0) is 39.8 Å². The molecule has 2 aliphatic heterocycles. The van der Waals surface area contributed by atoms with Crippen LogP contribution in [0.15, 0.2) is 12.1 Å². The van der Waals surface area contributed by atoms with Gasteiger partial charge in [-0.2, -0.15) is 0 Å². The Morgan fingerprint density at radius 3 is 2.35 bits per heavy atom. The number of ether oxygens (including phenoxy) is 1. The van der Waals surface area contributed by atoms with E-state index in [9.17, 15) is 0 Å². The highest BCUT2D eigenvalue weighted by molar-refractivity contribution is 7.25. The van der Waals surface area contributed by atoms with Gasteiger partial charge >= 0.3 is 7.12 Å². The van der Waals surface area contributed by atoms with Crippen molar-refractivity contribution in [1.29, 1.82) is 0 Å². The predicted molar refractivity (Wildman–Crippen MR) is 83.1 cm³/mol. The Labute approximate surface area is 136 Å². The van der Waals surface area contributed by atoms with Crippen LogP contribution in [-0.4, -0.2) is 44.4 Å². The van der Waals surface area contributed by atoms with Gasteiger partial charge in [0.2, 0.25) is 0 Å². The third-order valence-electron chi connectivity index (χ3n) is 3.74. The fourth-order valence-electron chi connectivity index (χ4n) is 1.85. The quantitative estimate of drug-likeness (QED) is 0.781. The van der Waals surface area contributed by atoms with Crippen molar-refractivity contribution in [1.82, 2.24) is 0 Å². The van der Waals surface area contributed by atoms with E-state index in [4.69, 9.17) is 20.3 Å². The lowest BCUT2D eigenvalue weighted by atomic mass is 9.88. The van der Waals surface area contributed by atoms with Crippen LogP contribution in [0, 0.1) is 0 Å². The zero-order valence-electron chi connectivity index (χ0n) is 19.8. The molecule has 4 nitrogen and oxygen atoms in total. The van der Waals surface area contributed by atoms with E-state index in [2.05, 4.69) is 4.74 Å². The summed E-state index contributed by atoms with van der Waals surface area (Å²) >= 11 is 0.951. The molecular formula is C14H22BNO3S. The second-order valence-electron chi connectivity index (χ2n) is 5.63. The Morgan fingerprint density at radius 2 is 1.75 bits per heavy atom. The minimum absolute atomic E-state index is 0.00392. The van der Waals surface area contributed by atoms with Gasteiger partial charge in [0.25, 0.3) is 0 Å². The van der Waals surface area contributed by atoms with Gasteiger partial charge in [-0.15, -0.1) is 11.3 Å². The Balaban J connectivity index is 2.01. The van der Waals surface area contributed by atoms with Gasteiger partial charge in [-0.1, -0.05) is 0 Å². The molecule has 0 aliphatic carbocycles. The molecule has 110 valence electrons. The summed E-state index contributed by atoms with van der Waals surface area (Å²) in [6.07, 6.45) is 0. The molecule has 1 aromatic rings. The highest BCUT2D eigenvalue weighted by Crippen LogP contribution is 2.37. The molecule has 0 N–H and O–H groups in total. The Hall–Kier alpha value is -0.555. The van der Waals surface area contributed by atoms with E-state index in [0.29, 0.717) is 9.68 Å². The van der Waals surface area contributed by atoms with Gasteiger partial charge in [-0.25, -0.2) is 0 Å². The van der Waals surface area contributed by atoms with E-state index in [1.807, 2.05) is 27.7 Å². The van der Waals surface area contributed by atoms with Crippen LogP contribution < -0.4 is 9.68 Å². The minimum Gasteiger partial charge on any atom is -0.399 e. The molecule has 6 heteroatoms. The summed E-state index contributed by atoms with van der Waals surface area (Å²) in [5, 5.41) is -0.00392. The van der Waals surface area contributed by atoms with Crippen LogP contribution in [-0.2, 0) is 14.0 Å². The van der Waals surface area contributed by atoms with Crippen LogP contribution in [0.2, 0.25) is 0 Å². The largest absolute Gasteiger partial charge is 0.505 e. The number of thiophene rings is 1. The maximum atomic E-state index is 8.13. The summed E-state index contributed by atoms with van der Waals surface area (Å²) in [6.45, 7) is -4.60. The van der Waals surface area contributed by atoms with Crippen molar-refractivity contribution in [3.8, 4) is 0 Å². The van der Waals surface area contributed by atoms with Crippen LogP contribution >= 0.6 is 11.3 Å². The van der Waals surface area contributed by atoms with Gasteiger partial charge < -0.3 is 18.9 Å². The SMILES string of the molecule is [2H]C1([2H])OC([2H])([2H])C([2H])([2H])N(c2ccc(B3OC(C)(C)C(C)(C)O3)s2)C1([2H])[2H]. The second-order valence-corrected chi connectivity index (χ2v) is 6.72. The third kappa shape index (κ3) is 2.50. The van der Waals surface area contributed by atoms with Gasteiger partial charge in [0, 0.05) is 17.8 Å². The van der Waals surface area contributed by atoms with Gasteiger partial charge in [-0.3, -0.25) is 0 Å². The van der Waals surface area contributed by atoms with Crippen molar-refractivity contribution in [3.63, 3.8) is 0 Å². The van der Waals surface area contributed by atoms with Gasteiger partial charge in [0.05, 0.1) is 40.3 Å². The summed E-state index contributed by atoms with van der Waals surface area (Å²) < 4.78 is 80.7. The summed E-state index contributed by atoms with van der Waals surface area (Å²) in [5.74, 6) is 0. The van der Waals surface area contributed by atoms with Crippen LogP contribution in [0.25, 0.3) is 0 Å². The predicted octanol–water partition coefficient (Wildman–Crippen LogP) is 1.88. The second kappa shape index (κ2) is 5.02. The van der Waals surface area contributed by atoms with E-state index in [1.165, 1.54) is 6.07 Å². The molecule has 2 aliphatic rings.